The second-order valence-corrected chi connectivity index (χ2v) is 6.84. The van der Waals surface area contributed by atoms with Crippen LogP contribution >= 0.6 is 0 Å². The van der Waals surface area contributed by atoms with E-state index in [0.717, 1.165) is 19.3 Å². The van der Waals surface area contributed by atoms with Crippen LogP contribution in [0.25, 0.3) is 0 Å². The van der Waals surface area contributed by atoms with Crippen LogP contribution in [0.5, 0.6) is 0 Å². The number of aliphatic hydroxyl groups excluding tert-OH is 1. The van der Waals surface area contributed by atoms with Gasteiger partial charge in [-0.1, -0.05) is 0 Å². The zero-order valence-corrected chi connectivity index (χ0v) is 11.2. The largest absolute Gasteiger partial charge is 0.480 e. The van der Waals surface area contributed by atoms with E-state index in [1.165, 1.54) is 0 Å². The third kappa shape index (κ3) is 1.32. The summed E-state index contributed by atoms with van der Waals surface area (Å²) in [5.41, 5.74) is -0.0476. The third-order valence-electron chi connectivity index (χ3n) is 5.63. The molecule has 5 rings (SSSR count). The fraction of sp³-hybridized carbons (Fsp3) is 0.846. The van der Waals surface area contributed by atoms with Gasteiger partial charge in [-0.3, -0.25) is 4.79 Å². The summed E-state index contributed by atoms with van der Waals surface area (Å²) >= 11 is 0. The Morgan fingerprint density at radius 2 is 2.10 bits per heavy atom. The van der Waals surface area contributed by atoms with Crippen LogP contribution in [0.3, 0.4) is 0 Å². The molecule has 2 bridgehead atoms. The van der Waals surface area contributed by atoms with Crippen molar-refractivity contribution in [1.82, 2.24) is 15.1 Å². The van der Waals surface area contributed by atoms with Gasteiger partial charge in [0, 0.05) is 37.2 Å². The second-order valence-electron chi connectivity index (χ2n) is 6.84. The summed E-state index contributed by atoms with van der Waals surface area (Å²) in [6, 6.07) is -0.960. The maximum atomic E-state index is 12.5. The molecule has 2 amide bonds. The second kappa shape index (κ2) is 3.65. The summed E-state index contributed by atoms with van der Waals surface area (Å²) in [6.45, 7) is 1.79. The number of piperazine rings is 1. The summed E-state index contributed by atoms with van der Waals surface area (Å²) in [4.78, 5) is 27.4. The standard InChI is InChI=1S/C13H19N3O4/c17-7-12-4-13(5-12,6-12)16-3-8-9(10(18)19)14-1-2-15(8)11(16)20/h8-9,14,17H,1-7H2,(H,18,19)/t8-,9+,12?,13?/m1/s1. The maximum Gasteiger partial charge on any atom is 0.322 e. The van der Waals surface area contributed by atoms with Crippen molar-refractivity contribution >= 4 is 12.0 Å². The molecule has 0 unspecified atom stereocenters. The number of amides is 2. The molecule has 0 aromatic rings. The van der Waals surface area contributed by atoms with Gasteiger partial charge in [0.25, 0.3) is 0 Å². The van der Waals surface area contributed by atoms with Gasteiger partial charge in [-0.25, -0.2) is 4.79 Å². The summed E-state index contributed by atoms with van der Waals surface area (Å²) in [7, 11) is 0. The lowest BCUT2D eigenvalue weighted by molar-refractivity contribution is -0.218. The van der Waals surface area contributed by atoms with E-state index < -0.39 is 12.0 Å². The van der Waals surface area contributed by atoms with Gasteiger partial charge in [-0.2, -0.15) is 0 Å². The number of hydrogen-bond acceptors (Lipinski definition) is 4. The van der Waals surface area contributed by atoms with Crippen molar-refractivity contribution in [3.8, 4) is 0 Å². The van der Waals surface area contributed by atoms with Gasteiger partial charge in [-0.05, 0) is 19.3 Å². The Balaban J connectivity index is 1.54. The first-order valence-corrected chi connectivity index (χ1v) is 7.16. The predicted octanol–water partition coefficient (Wildman–Crippen LogP) is -0.936. The molecule has 3 aliphatic carbocycles. The van der Waals surface area contributed by atoms with Crippen LogP contribution in [0.2, 0.25) is 0 Å². The molecule has 20 heavy (non-hydrogen) atoms. The number of rotatable bonds is 3. The number of hydrogen-bond donors (Lipinski definition) is 3. The summed E-state index contributed by atoms with van der Waals surface area (Å²) in [6.07, 6.45) is 2.61. The van der Waals surface area contributed by atoms with Crippen LogP contribution in [0.4, 0.5) is 4.79 Å². The van der Waals surface area contributed by atoms with E-state index in [1.807, 2.05) is 4.90 Å². The molecule has 0 aromatic heterocycles. The van der Waals surface area contributed by atoms with Gasteiger partial charge < -0.3 is 25.3 Å². The van der Waals surface area contributed by atoms with Gasteiger partial charge in [0.2, 0.25) is 0 Å². The molecule has 5 aliphatic rings. The van der Waals surface area contributed by atoms with Gasteiger partial charge in [0.1, 0.15) is 6.04 Å². The molecule has 7 nitrogen and oxygen atoms in total. The molecule has 110 valence electrons. The highest BCUT2D eigenvalue weighted by Gasteiger charge is 2.72. The number of nitrogens with one attached hydrogen (secondary N) is 1. The quantitative estimate of drug-likeness (QED) is 0.621. The Hall–Kier alpha value is -1.34. The molecule has 5 fully saturated rings. The third-order valence-corrected chi connectivity index (χ3v) is 5.63. The number of carboxylic acids is 1. The van der Waals surface area contributed by atoms with Gasteiger partial charge in [0.05, 0.1) is 6.04 Å². The van der Waals surface area contributed by atoms with Crippen LogP contribution < -0.4 is 5.32 Å². The van der Waals surface area contributed by atoms with Crippen molar-refractivity contribution in [2.45, 2.75) is 36.9 Å². The summed E-state index contributed by atoms with van der Waals surface area (Å²) in [5.74, 6) is -0.890. The monoisotopic (exact) mass is 281 g/mol. The first-order chi connectivity index (χ1) is 9.50. The maximum absolute atomic E-state index is 12.5. The highest BCUT2D eigenvalue weighted by Crippen LogP contribution is 2.70. The Bertz CT molecular complexity index is 474. The van der Waals surface area contributed by atoms with E-state index in [9.17, 15) is 19.8 Å². The van der Waals surface area contributed by atoms with E-state index in [1.54, 1.807) is 4.90 Å². The number of nitrogens with zero attached hydrogens (tertiary/aromatic N) is 2. The zero-order chi connectivity index (χ0) is 14.1. The number of carboxylic acid groups (broad SMARTS) is 1. The molecule has 2 saturated heterocycles. The molecule has 2 aliphatic heterocycles. The minimum Gasteiger partial charge on any atom is -0.480 e. The molecule has 0 radical (unpaired) electrons. The molecular formula is C13H19N3O4. The summed E-state index contributed by atoms with van der Waals surface area (Å²) < 4.78 is 0. The number of urea groups is 1. The highest BCUT2D eigenvalue weighted by atomic mass is 16.4. The van der Waals surface area contributed by atoms with Crippen LogP contribution in [0, 0.1) is 5.41 Å². The Labute approximate surface area is 116 Å². The van der Waals surface area contributed by atoms with Crippen LogP contribution in [-0.4, -0.2) is 75.9 Å². The Morgan fingerprint density at radius 3 is 2.70 bits per heavy atom. The average Bonchev–Trinajstić information content (AvgIpc) is 2.65. The van der Waals surface area contributed by atoms with Crippen LogP contribution in [0.1, 0.15) is 19.3 Å². The summed E-state index contributed by atoms with van der Waals surface area (Å²) in [5, 5.41) is 21.6. The first kappa shape index (κ1) is 12.4. The topological polar surface area (TPSA) is 93.1 Å². The van der Waals surface area contributed by atoms with Gasteiger partial charge >= 0.3 is 12.0 Å². The molecule has 7 heteroatoms. The molecule has 3 N–H and O–H groups in total. The zero-order valence-electron chi connectivity index (χ0n) is 11.2. The molecule has 0 spiro atoms. The van der Waals surface area contributed by atoms with E-state index in [-0.39, 0.29) is 29.6 Å². The average molecular weight is 281 g/mol. The predicted molar refractivity (Wildman–Crippen MR) is 68.1 cm³/mol. The van der Waals surface area contributed by atoms with E-state index >= 15 is 0 Å². The van der Waals surface area contributed by atoms with Crippen molar-refractivity contribution in [2.24, 2.45) is 5.41 Å². The van der Waals surface area contributed by atoms with Crippen molar-refractivity contribution in [3.05, 3.63) is 0 Å². The van der Waals surface area contributed by atoms with Gasteiger partial charge in [0.15, 0.2) is 0 Å². The minimum atomic E-state index is -0.890. The van der Waals surface area contributed by atoms with Crippen LogP contribution in [0.15, 0.2) is 0 Å². The van der Waals surface area contributed by atoms with Crippen LogP contribution in [-0.2, 0) is 4.79 Å². The smallest absolute Gasteiger partial charge is 0.322 e. The number of carbonyl (C=O) groups is 2. The number of carbonyl (C=O) groups excluding carboxylic acids is 1. The highest BCUT2D eigenvalue weighted by molar-refractivity contribution is 5.83. The van der Waals surface area contributed by atoms with Crippen molar-refractivity contribution in [2.75, 3.05) is 26.2 Å². The van der Waals surface area contributed by atoms with Crippen molar-refractivity contribution in [3.63, 3.8) is 0 Å². The first-order valence-electron chi connectivity index (χ1n) is 7.16. The van der Waals surface area contributed by atoms with E-state index in [2.05, 4.69) is 5.32 Å². The fourth-order valence-electron chi connectivity index (χ4n) is 4.73. The Morgan fingerprint density at radius 1 is 1.40 bits per heavy atom. The normalized spacial score (nSPS) is 45.8. The minimum absolute atomic E-state index is 0.0195. The van der Waals surface area contributed by atoms with Gasteiger partial charge in [-0.15, -0.1) is 0 Å². The SMILES string of the molecule is O=C(O)[C@H]1NCCN2C(=O)N(C34CC(CO)(C3)C4)C[C@H]12. The number of aliphatic carboxylic acids is 1. The number of fused-ring (bicyclic) bond motifs is 1. The molecule has 2 heterocycles. The number of aliphatic hydroxyl groups is 1. The van der Waals surface area contributed by atoms with Crippen molar-refractivity contribution < 1.29 is 19.8 Å². The Kier molecular flexibility index (Phi) is 2.26. The fourth-order valence-corrected chi connectivity index (χ4v) is 4.73. The lowest BCUT2D eigenvalue weighted by atomic mass is 9.39. The van der Waals surface area contributed by atoms with E-state index in [4.69, 9.17) is 0 Å². The lowest BCUT2D eigenvalue weighted by Gasteiger charge is -2.72. The molecule has 2 atom stereocenters. The molecule has 3 saturated carbocycles. The van der Waals surface area contributed by atoms with E-state index in [0.29, 0.717) is 19.6 Å². The molecule has 0 aromatic carbocycles. The molecular weight excluding hydrogens is 262 g/mol. The van der Waals surface area contributed by atoms with Crippen molar-refractivity contribution in [1.29, 1.82) is 0 Å². The lowest BCUT2D eigenvalue weighted by Crippen LogP contribution is -2.76.